The fourth-order valence-corrected chi connectivity index (χ4v) is 2.77. The normalized spacial score (nSPS) is 18.7. The average Bonchev–Trinajstić information content (AvgIpc) is 2.71. The predicted octanol–water partition coefficient (Wildman–Crippen LogP) is 2.22. The molecule has 88 valence electrons. The highest BCUT2D eigenvalue weighted by atomic mass is 35.5. The second-order valence-corrected chi connectivity index (χ2v) is 4.48. The van der Waals surface area contributed by atoms with E-state index in [1.165, 1.54) is 7.11 Å². The highest BCUT2D eigenvalue weighted by Gasteiger charge is 2.30. The van der Waals surface area contributed by atoms with E-state index in [2.05, 4.69) is 10.7 Å². The molecule has 7 heteroatoms. The smallest absolute Gasteiger partial charge is 0.157 e. The van der Waals surface area contributed by atoms with Crippen molar-refractivity contribution >= 4 is 34.8 Å². The van der Waals surface area contributed by atoms with Gasteiger partial charge in [0.1, 0.15) is 5.02 Å². The van der Waals surface area contributed by atoms with Gasteiger partial charge in [0.25, 0.3) is 0 Å². The molecule has 0 saturated carbocycles. The van der Waals surface area contributed by atoms with Gasteiger partial charge in [0.05, 0.1) is 23.3 Å². The van der Waals surface area contributed by atoms with Gasteiger partial charge >= 0.3 is 0 Å². The molecule has 16 heavy (non-hydrogen) atoms. The number of halogens is 3. The molecule has 1 aliphatic rings. The maximum atomic E-state index is 6.18. The Labute approximate surface area is 108 Å². The molecule has 0 radical (unpaired) electrons. The van der Waals surface area contributed by atoms with Crippen molar-refractivity contribution < 1.29 is 4.74 Å². The van der Waals surface area contributed by atoms with Crippen LogP contribution in [0.5, 0.6) is 5.75 Å². The lowest BCUT2D eigenvalue weighted by atomic mass is 10.1. The van der Waals surface area contributed by atoms with Crippen LogP contribution in [0.4, 0.5) is 0 Å². The third-order valence-corrected chi connectivity index (χ3v) is 3.81. The summed E-state index contributed by atoms with van der Waals surface area (Å²) in [4.78, 5) is 0. The minimum absolute atomic E-state index is 0.247. The van der Waals surface area contributed by atoms with Crippen molar-refractivity contribution in [3.8, 4) is 5.75 Å². The van der Waals surface area contributed by atoms with Crippen LogP contribution in [0.1, 0.15) is 17.3 Å². The van der Waals surface area contributed by atoms with E-state index < -0.39 is 0 Å². The molecule has 1 atom stereocenters. The highest BCUT2D eigenvalue weighted by Crippen LogP contribution is 2.46. The zero-order valence-electron chi connectivity index (χ0n) is 8.40. The van der Waals surface area contributed by atoms with Crippen molar-refractivity contribution in [3.63, 3.8) is 0 Å². The van der Waals surface area contributed by atoms with Gasteiger partial charge in [-0.25, -0.2) is 5.43 Å². The number of hydrazine groups is 1. The van der Waals surface area contributed by atoms with E-state index in [1.54, 1.807) is 0 Å². The number of benzene rings is 1. The molecule has 1 aliphatic heterocycles. The molecule has 4 nitrogen and oxygen atoms in total. The van der Waals surface area contributed by atoms with E-state index in [9.17, 15) is 0 Å². The monoisotopic (exact) mass is 281 g/mol. The van der Waals surface area contributed by atoms with E-state index in [-0.39, 0.29) is 6.17 Å². The molecule has 1 heterocycles. The van der Waals surface area contributed by atoms with Crippen LogP contribution < -0.4 is 21.3 Å². The van der Waals surface area contributed by atoms with Gasteiger partial charge in [0, 0.05) is 12.1 Å². The number of rotatable bonds is 2. The van der Waals surface area contributed by atoms with Crippen LogP contribution >= 0.6 is 34.8 Å². The van der Waals surface area contributed by atoms with Gasteiger partial charge in [-0.3, -0.25) is 11.2 Å². The third kappa shape index (κ3) is 1.66. The van der Waals surface area contributed by atoms with Crippen LogP contribution in [0, 0.1) is 0 Å². The summed E-state index contributed by atoms with van der Waals surface area (Å²) < 4.78 is 5.12. The number of nitrogens with one attached hydrogen (secondary N) is 2. The molecule has 0 aliphatic carbocycles. The lowest BCUT2D eigenvalue weighted by Gasteiger charge is -2.15. The first-order chi connectivity index (χ1) is 7.61. The van der Waals surface area contributed by atoms with E-state index in [4.69, 9.17) is 45.4 Å². The van der Waals surface area contributed by atoms with E-state index in [1.807, 2.05) is 0 Å². The maximum Gasteiger partial charge on any atom is 0.157 e. The Hall–Kier alpha value is -0.230. The Kier molecular flexibility index (Phi) is 3.49. The lowest BCUT2D eigenvalue weighted by Crippen LogP contribution is -2.34. The minimum atomic E-state index is -0.247. The summed E-state index contributed by atoms with van der Waals surface area (Å²) in [5.41, 5.74) is 4.23. The van der Waals surface area contributed by atoms with Crippen LogP contribution in [0.15, 0.2) is 0 Å². The first-order valence-electron chi connectivity index (χ1n) is 4.54. The average molecular weight is 283 g/mol. The van der Waals surface area contributed by atoms with Gasteiger partial charge in [-0.15, -0.1) is 0 Å². The third-order valence-electron chi connectivity index (χ3n) is 2.56. The summed E-state index contributed by atoms with van der Waals surface area (Å²) in [6.07, 6.45) is -0.247. The number of nitrogens with two attached hydrogens (primary N) is 1. The maximum absolute atomic E-state index is 6.18. The fraction of sp³-hybridized carbons (Fsp3) is 0.333. The van der Waals surface area contributed by atoms with Crippen molar-refractivity contribution in [3.05, 3.63) is 26.2 Å². The van der Waals surface area contributed by atoms with Gasteiger partial charge in [0.2, 0.25) is 0 Å². The van der Waals surface area contributed by atoms with Crippen LogP contribution in [-0.2, 0) is 6.54 Å². The number of ether oxygens (including phenoxy) is 1. The Morgan fingerprint density at radius 1 is 1.31 bits per heavy atom. The molecule has 1 unspecified atom stereocenters. The van der Waals surface area contributed by atoms with Crippen molar-refractivity contribution in [2.75, 3.05) is 7.11 Å². The zero-order valence-corrected chi connectivity index (χ0v) is 10.7. The molecule has 0 spiro atoms. The molecule has 1 aromatic carbocycles. The molecule has 0 amide bonds. The van der Waals surface area contributed by atoms with Gasteiger partial charge in [-0.05, 0) is 5.56 Å². The Bertz CT molecular complexity index is 439. The Morgan fingerprint density at radius 2 is 2.00 bits per heavy atom. The van der Waals surface area contributed by atoms with E-state index in [0.717, 1.165) is 11.1 Å². The summed E-state index contributed by atoms with van der Waals surface area (Å²) in [6, 6.07) is 0. The molecular formula is C9H10Cl3N3O. The summed E-state index contributed by atoms with van der Waals surface area (Å²) in [7, 11) is 1.50. The van der Waals surface area contributed by atoms with Gasteiger partial charge in [0.15, 0.2) is 5.75 Å². The van der Waals surface area contributed by atoms with Gasteiger partial charge < -0.3 is 4.74 Å². The van der Waals surface area contributed by atoms with Crippen molar-refractivity contribution in [2.45, 2.75) is 12.7 Å². The van der Waals surface area contributed by atoms with Crippen LogP contribution in [-0.4, -0.2) is 7.11 Å². The molecule has 0 bridgehead atoms. The topological polar surface area (TPSA) is 59.3 Å². The van der Waals surface area contributed by atoms with Crippen LogP contribution in [0.25, 0.3) is 0 Å². The zero-order chi connectivity index (χ0) is 11.9. The molecule has 2 rings (SSSR count). The molecule has 0 saturated heterocycles. The summed E-state index contributed by atoms with van der Waals surface area (Å²) >= 11 is 18.4. The first-order valence-corrected chi connectivity index (χ1v) is 5.68. The minimum Gasteiger partial charge on any atom is -0.494 e. The number of fused-ring (bicyclic) bond motifs is 1. The van der Waals surface area contributed by atoms with Gasteiger partial charge in [-0.2, -0.15) is 0 Å². The quantitative estimate of drug-likeness (QED) is 0.442. The first kappa shape index (κ1) is 12.2. The lowest BCUT2D eigenvalue weighted by molar-refractivity contribution is 0.415. The summed E-state index contributed by atoms with van der Waals surface area (Å²) in [6.45, 7) is 0.566. The van der Waals surface area contributed by atoms with Crippen molar-refractivity contribution in [1.29, 1.82) is 0 Å². The van der Waals surface area contributed by atoms with E-state index >= 15 is 0 Å². The predicted molar refractivity (Wildman–Crippen MR) is 64.9 cm³/mol. The summed E-state index contributed by atoms with van der Waals surface area (Å²) in [5, 5.41) is 4.29. The van der Waals surface area contributed by atoms with Gasteiger partial charge in [-0.1, -0.05) is 34.8 Å². The Balaban J connectivity index is 2.68. The molecule has 1 aromatic rings. The Morgan fingerprint density at radius 3 is 2.56 bits per heavy atom. The molecule has 4 N–H and O–H groups in total. The highest BCUT2D eigenvalue weighted by molar-refractivity contribution is 6.45. The molecule has 0 fully saturated rings. The fourth-order valence-electron chi connectivity index (χ4n) is 1.80. The number of hydrogen-bond donors (Lipinski definition) is 3. The van der Waals surface area contributed by atoms with Crippen molar-refractivity contribution in [2.24, 2.45) is 5.84 Å². The standard InChI is InChI=1S/C9H10Cl3N3O/c1-16-8-5(10)3-2-14-9(15-13)4(3)6(11)7(8)12/h9,14-15H,2,13H2,1H3. The molecular weight excluding hydrogens is 272 g/mol. The second kappa shape index (κ2) is 4.56. The van der Waals surface area contributed by atoms with E-state index in [0.29, 0.717) is 27.4 Å². The largest absolute Gasteiger partial charge is 0.494 e. The van der Waals surface area contributed by atoms with Crippen LogP contribution in [0.3, 0.4) is 0 Å². The molecule has 0 aromatic heterocycles. The second-order valence-electron chi connectivity index (χ2n) is 3.35. The van der Waals surface area contributed by atoms with Crippen LogP contribution in [0.2, 0.25) is 15.1 Å². The summed E-state index contributed by atoms with van der Waals surface area (Å²) in [5.74, 6) is 5.79. The SMILES string of the molecule is COc1c(Cl)c(Cl)c2c(c1Cl)CNC2NN. The number of hydrogen-bond acceptors (Lipinski definition) is 4. The number of methoxy groups -OCH3 is 1. The van der Waals surface area contributed by atoms with Crippen molar-refractivity contribution in [1.82, 2.24) is 10.7 Å².